The van der Waals surface area contributed by atoms with Crippen molar-refractivity contribution in [3.63, 3.8) is 0 Å². The lowest BCUT2D eigenvalue weighted by atomic mass is 9.78. The zero-order valence-electron chi connectivity index (χ0n) is 11.2. The lowest BCUT2D eigenvalue weighted by Crippen LogP contribution is -2.47. The highest BCUT2D eigenvalue weighted by atomic mass is 32.1. The van der Waals surface area contributed by atoms with Crippen molar-refractivity contribution in [3.8, 4) is 0 Å². The molecule has 1 saturated carbocycles. The number of aromatic nitrogens is 1. The first kappa shape index (κ1) is 12.9. The van der Waals surface area contributed by atoms with E-state index in [0.717, 1.165) is 23.8 Å². The Morgan fingerprint density at radius 2 is 2.05 bits per heavy atom. The zero-order valence-corrected chi connectivity index (χ0v) is 12.0. The van der Waals surface area contributed by atoms with Crippen LogP contribution in [-0.4, -0.2) is 22.6 Å². The Labute approximate surface area is 120 Å². The van der Waals surface area contributed by atoms with E-state index in [4.69, 9.17) is 18.0 Å². The van der Waals surface area contributed by atoms with Crippen LogP contribution in [-0.2, 0) is 0 Å². The number of fused-ring (bicyclic) bond motifs is 1. The Morgan fingerprint density at radius 3 is 2.89 bits per heavy atom. The van der Waals surface area contributed by atoms with Gasteiger partial charge in [0, 0.05) is 24.3 Å². The second kappa shape index (κ2) is 5.45. The summed E-state index contributed by atoms with van der Waals surface area (Å²) in [6.07, 6.45) is 9.94. The highest BCUT2D eigenvalue weighted by molar-refractivity contribution is 7.80. The van der Waals surface area contributed by atoms with Gasteiger partial charge in [-0.15, -0.1) is 0 Å². The maximum absolute atomic E-state index is 5.73. The van der Waals surface area contributed by atoms with Crippen LogP contribution in [0.5, 0.6) is 0 Å². The van der Waals surface area contributed by atoms with Gasteiger partial charge in [0.1, 0.15) is 10.8 Å². The van der Waals surface area contributed by atoms with Gasteiger partial charge >= 0.3 is 0 Å². The number of piperidine rings is 1. The van der Waals surface area contributed by atoms with Gasteiger partial charge in [0.25, 0.3) is 0 Å². The van der Waals surface area contributed by atoms with Crippen molar-refractivity contribution < 1.29 is 0 Å². The van der Waals surface area contributed by atoms with Crippen LogP contribution in [0.3, 0.4) is 0 Å². The second-order valence-electron chi connectivity index (χ2n) is 5.71. The van der Waals surface area contributed by atoms with Gasteiger partial charge in [-0.3, -0.25) is 0 Å². The van der Waals surface area contributed by atoms with Crippen molar-refractivity contribution in [1.29, 1.82) is 0 Å². The highest BCUT2D eigenvalue weighted by Crippen LogP contribution is 2.37. The van der Waals surface area contributed by atoms with Crippen molar-refractivity contribution in [3.05, 3.63) is 23.9 Å². The van der Waals surface area contributed by atoms with E-state index in [1.165, 1.54) is 38.5 Å². The molecule has 1 aliphatic carbocycles. The summed E-state index contributed by atoms with van der Waals surface area (Å²) in [5, 5.41) is 0. The van der Waals surface area contributed by atoms with Crippen LogP contribution in [0.1, 0.15) is 44.1 Å². The third kappa shape index (κ3) is 2.59. The molecule has 2 atom stereocenters. The molecule has 0 bridgehead atoms. The molecule has 3 nitrogen and oxygen atoms in total. The van der Waals surface area contributed by atoms with E-state index >= 15 is 0 Å². The summed E-state index contributed by atoms with van der Waals surface area (Å²) in [5.74, 6) is 1.92. The third-order valence-electron chi connectivity index (χ3n) is 4.57. The smallest absolute Gasteiger partial charge is 0.129 e. The maximum Gasteiger partial charge on any atom is 0.129 e. The minimum Gasteiger partial charge on any atom is -0.389 e. The van der Waals surface area contributed by atoms with Crippen LogP contribution in [0.15, 0.2) is 18.3 Å². The largest absolute Gasteiger partial charge is 0.389 e. The first-order chi connectivity index (χ1) is 9.25. The molecule has 2 heterocycles. The van der Waals surface area contributed by atoms with E-state index in [9.17, 15) is 0 Å². The van der Waals surface area contributed by atoms with Gasteiger partial charge in [-0.1, -0.05) is 25.1 Å². The van der Waals surface area contributed by atoms with E-state index in [-0.39, 0.29) is 0 Å². The van der Waals surface area contributed by atoms with Crippen LogP contribution in [0.25, 0.3) is 0 Å². The van der Waals surface area contributed by atoms with Gasteiger partial charge in [0.05, 0.1) is 0 Å². The summed E-state index contributed by atoms with van der Waals surface area (Å²) in [7, 11) is 0. The molecule has 2 N–H and O–H groups in total. The summed E-state index contributed by atoms with van der Waals surface area (Å²) in [6.45, 7) is 1.12. The molecule has 1 aromatic heterocycles. The number of thiocarbonyl (C=S) groups is 1. The number of rotatable bonds is 2. The standard InChI is InChI=1S/C15H21N3S/c16-15(19)12-7-8-17-14(10-12)18-9-3-5-11-4-1-2-6-13(11)18/h7-8,10-11,13H,1-6,9H2,(H2,16,19)/t11-,13-/m1/s1. The van der Waals surface area contributed by atoms with Crippen LogP contribution < -0.4 is 10.6 Å². The van der Waals surface area contributed by atoms with Crippen molar-refractivity contribution in [2.24, 2.45) is 11.7 Å². The van der Waals surface area contributed by atoms with E-state index in [1.54, 1.807) is 0 Å². The summed E-state index contributed by atoms with van der Waals surface area (Å²) in [5.41, 5.74) is 6.66. The topological polar surface area (TPSA) is 42.1 Å². The Kier molecular flexibility index (Phi) is 3.69. The van der Waals surface area contributed by atoms with Gasteiger partial charge in [0.2, 0.25) is 0 Å². The molecular formula is C15H21N3S. The summed E-state index contributed by atoms with van der Waals surface area (Å²) in [4.78, 5) is 7.50. The molecule has 19 heavy (non-hydrogen) atoms. The van der Waals surface area contributed by atoms with E-state index in [2.05, 4.69) is 16.0 Å². The maximum atomic E-state index is 5.73. The van der Waals surface area contributed by atoms with E-state index < -0.39 is 0 Å². The van der Waals surface area contributed by atoms with Crippen LogP contribution in [0, 0.1) is 5.92 Å². The Hall–Kier alpha value is -1.16. The predicted molar refractivity (Wildman–Crippen MR) is 82.5 cm³/mol. The summed E-state index contributed by atoms with van der Waals surface area (Å²) >= 11 is 5.07. The van der Waals surface area contributed by atoms with Crippen LogP contribution >= 0.6 is 12.2 Å². The molecule has 2 fully saturated rings. The van der Waals surface area contributed by atoms with Gasteiger partial charge in [0.15, 0.2) is 0 Å². The molecule has 1 aliphatic heterocycles. The zero-order chi connectivity index (χ0) is 13.2. The van der Waals surface area contributed by atoms with E-state index in [0.29, 0.717) is 11.0 Å². The Morgan fingerprint density at radius 1 is 1.26 bits per heavy atom. The first-order valence-electron chi connectivity index (χ1n) is 7.28. The summed E-state index contributed by atoms with van der Waals surface area (Å²) < 4.78 is 0. The van der Waals surface area contributed by atoms with Gasteiger partial charge < -0.3 is 10.6 Å². The highest BCUT2D eigenvalue weighted by Gasteiger charge is 2.33. The van der Waals surface area contributed by atoms with Crippen molar-refractivity contribution >= 4 is 23.0 Å². The lowest BCUT2D eigenvalue weighted by Gasteiger charge is -2.44. The average Bonchev–Trinajstić information content (AvgIpc) is 2.47. The molecule has 4 heteroatoms. The van der Waals surface area contributed by atoms with Crippen molar-refractivity contribution in [1.82, 2.24) is 4.98 Å². The quantitative estimate of drug-likeness (QED) is 0.843. The molecule has 0 spiro atoms. The lowest BCUT2D eigenvalue weighted by molar-refractivity contribution is 0.243. The first-order valence-corrected chi connectivity index (χ1v) is 7.69. The molecule has 2 aliphatic rings. The van der Waals surface area contributed by atoms with Crippen LogP contribution in [0.4, 0.5) is 5.82 Å². The molecule has 0 aromatic carbocycles. The molecule has 1 saturated heterocycles. The van der Waals surface area contributed by atoms with Gasteiger partial charge in [-0.05, 0) is 43.7 Å². The fourth-order valence-electron chi connectivity index (χ4n) is 3.64. The number of pyridine rings is 1. The summed E-state index contributed by atoms with van der Waals surface area (Å²) in [6, 6.07) is 4.63. The van der Waals surface area contributed by atoms with Gasteiger partial charge in [-0.25, -0.2) is 4.98 Å². The molecular weight excluding hydrogens is 254 g/mol. The molecule has 102 valence electrons. The second-order valence-corrected chi connectivity index (χ2v) is 6.15. The van der Waals surface area contributed by atoms with Crippen molar-refractivity contribution in [2.75, 3.05) is 11.4 Å². The normalized spacial score (nSPS) is 26.8. The van der Waals surface area contributed by atoms with Crippen LogP contribution in [0.2, 0.25) is 0 Å². The number of hydrogen-bond acceptors (Lipinski definition) is 3. The number of hydrogen-bond donors (Lipinski definition) is 1. The molecule has 3 rings (SSSR count). The van der Waals surface area contributed by atoms with Crippen molar-refractivity contribution in [2.45, 2.75) is 44.6 Å². The minimum atomic E-state index is 0.459. The van der Waals surface area contributed by atoms with Gasteiger partial charge in [-0.2, -0.15) is 0 Å². The number of nitrogens with zero attached hydrogens (tertiary/aromatic N) is 2. The monoisotopic (exact) mass is 275 g/mol. The minimum absolute atomic E-state index is 0.459. The fourth-order valence-corrected chi connectivity index (χ4v) is 3.76. The van der Waals surface area contributed by atoms with E-state index in [1.807, 2.05) is 12.3 Å². The third-order valence-corrected chi connectivity index (χ3v) is 4.80. The average molecular weight is 275 g/mol. The molecule has 0 amide bonds. The Bertz CT molecular complexity index is 472. The molecule has 1 aromatic rings. The number of anilines is 1. The Balaban J connectivity index is 1.87. The SMILES string of the molecule is NC(=S)c1ccnc(N2CCC[C@H]3CCCC[C@H]32)c1. The fraction of sp³-hybridized carbons (Fsp3) is 0.600. The molecule has 0 radical (unpaired) electrons. The molecule has 0 unspecified atom stereocenters. The number of nitrogens with two attached hydrogens (primary N) is 1. The predicted octanol–water partition coefficient (Wildman–Crippen LogP) is 2.87.